The molecule has 184 valence electrons. The molecule has 0 atom stereocenters. The molecule has 0 fully saturated rings. The van der Waals surface area contributed by atoms with Gasteiger partial charge in [-0.25, -0.2) is 9.97 Å². The Balaban J connectivity index is 1.53. The minimum Gasteiger partial charge on any atom is -0.344 e. The number of hydrogen-bond acceptors (Lipinski definition) is 6. The normalized spacial score (nSPS) is 10.8. The van der Waals surface area contributed by atoms with Crippen LogP contribution in [-0.4, -0.2) is 43.9 Å². The maximum absolute atomic E-state index is 13.1. The predicted octanol–water partition coefficient (Wildman–Crippen LogP) is 3.93. The highest BCUT2D eigenvalue weighted by molar-refractivity contribution is 7.98. The number of aryl methyl sites for hydroxylation is 1. The number of likely N-dealkylation sites (N-methyl/N-ethyl adjacent to an activating group) is 1. The average Bonchev–Trinajstić information content (AvgIpc) is 2.90. The third-order valence-electron chi connectivity index (χ3n) is 5.84. The summed E-state index contributed by atoms with van der Waals surface area (Å²) in [5, 5.41) is 0.526. The highest BCUT2D eigenvalue weighted by Crippen LogP contribution is 2.21. The molecule has 0 N–H and O–H groups in total. The van der Waals surface area contributed by atoms with E-state index in [-0.39, 0.29) is 18.0 Å². The van der Waals surface area contributed by atoms with Gasteiger partial charge >= 0.3 is 0 Å². The lowest BCUT2D eigenvalue weighted by Gasteiger charge is -2.20. The van der Waals surface area contributed by atoms with Gasteiger partial charge in [-0.1, -0.05) is 71.9 Å². The van der Waals surface area contributed by atoms with Crippen molar-refractivity contribution < 1.29 is 4.79 Å². The molecule has 36 heavy (non-hydrogen) atoms. The second-order valence-electron chi connectivity index (χ2n) is 8.73. The van der Waals surface area contributed by atoms with Crippen LogP contribution in [0.15, 0.2) is 89.5 Å². The van der Waals surface area contributed by atoms with Crippen LogP contribution in [0.1, 0.15) is 27.8 Å². The van der Waals surface area contributed by atoms with Gasteiger partial charge in [0.1, 0.15) is 12.9 Å². The van der Waals surface area contributed by atoms with E-state index in [1.165, 1.54) is 29.2 Å². The molecule has 0 aliphatic heterocycles. The van der Waals surface area contributed by atoms with Crippen LogP contribution >= 0.6 is 11.8 Å². The fourth-order valence-electron chi connectivity index (χ4n) is 3.68. The SMILES string of the molecule is Cc1ccc(CSc2nc(=O)c(Cc3cncnc3)cn2CC(=O)N(C)CCc2ccccc2)cc1. The van der Waals surface area contributed by atoms with E-state index in [4.69, 9.17) is 0 Å². The molecule has 0 saturated heterocycles. The number of rotatable bonds is 10. The second-order valence-corrected chi connectivity index (χ2v) is 9.67. The quantitative estimate of drug-likeness (QED) is 0.243. The van der Waals surface area contributed by atoms with E-state index in [2.05, 4.69) is 51.4 Å². The summed E-state index contributed by atoms with van der Waals surface area (Å²) in [6.07, 6.45) is 7.70. The lowest BCUT2D eigenvalue weighted by Crippen LogP contribution is -2.33. The summed E-state index contributed by atoms with van der Waals surface area (Å²) in [7, 11) is 1.81. The first kappa shape index (κ1) is 25.3. The summed E-state index contributed by atoms with van der Waals surface area (Å²) in [6, 6.07) is 18.4. The second kappa shape index (κ2) is 12.3. The van der Waals surface area contributed by atoms with Crippen LogP contribution in [0.3, 0.4) is 0 Å². The van der Waals surface area contributed by atoms with Gasteiger partial charge in [0.05, 0.1) is 0 Å². The Morgan fingerprint density at radius 3 is 2.42 bits per heavy atom. The fraction of sp³-hybridized carbons (Fsp3) is 0.250. The third-order valence-corrected chi connectivity index (χ3v) is 6.90. The first-order chi connectivity index (χ1) is 17.5. The van der Waals surface area contributed by atoms with E-state index in [1.807, 2.05) is 32.2 Å². The maximum atomic E-state index is 13.1. The molecule has 4 aromatic rings. The van der Waals surface area contributed by atoms with E-state index < -0.39 is 0 Å². The zero-order valence-electron chi connectivity index (χ0n) is 20.5. The van der Waals surface area contributed by atoms with Gasteiger partial charge in [0.25, 0.3) is 5.56 Å². The average molecular weight is 500 g/mol. The summed E-state index contributed by atoms with van der Waals surface area (Å²) in [6.45, 7) is 2.76. The van der Waals surface area contributed by atoms with Gasteiger partial charge < -0.3 is 9.47 Å². The van der Waals surface area contributed by atoms with Crippen molar-refractivity contribution in [3.05, 3.63) is 118 Å². The number of benzene rings is 2. The first-order valence-corrected chi connectivity index (χ1v) is 12.8. The molecular formula is C28H29N5O2S. The molecule has 0 unspecified atom stereocenters. The van der Waals surface area contributed by atoms with E-state index in [1.54, 1.807) is 28.1 Å². The largest absolute Gasteiger partial charge is 0.344 e. The maximum Gasteiger partial charge on any atom is 0.277 e. The Kier molecular flexibility index (Phi) is 8.62. The van der Waals surface area contributed by atoms with Crippen molar-refractivity contribution in [2.75, 3.05) is 13.6 Å². The highest BCUT2D eigenvalue weighted by atomic mass is 32.2. The number of hydrogen-bond donors (Lipinski definition) is 0. The van der Waals surface area contributed by atoms with Crippen molar-refractivity contribution >= 4 is 17.7 Å². The number of thioether (sulfide) groups is 1. The van der Waals surface area contributed by atoms with Crippen molar-refractivity contribution in [1.29, 1.82) is 0 Å². The Labute approximate surface area is 215 Å². The van der Waals surface area contributed by atoms with Gasteiger partial charge in [-0.2, -0.15) is 4.98 Å². The number of carbonyl (C=O) groups excluding carboxylic acids is 1. The van der Waals surface area contributed by atoms with Crippen LogP contribution in [-0.2, 0) is 29.9 Å². The van der Waals surface area contributed by atoms with Gasteiger partial charge in [-0.3, -0.25) is 9.59 Å². The van der Waals surface area contributed by atoms with Gasteiger partial charge in [0.15, 0.2) is 5.16 Å². The minimum atomic E-state index is -0.300. The topological polar surface area (TPSA) is 81.0 Å². The molecule has 2 aromatic heterocycles. The van der Waals surface area contributed by atoms with Crippen molar-refractivity contribution in [3.63, 3.8) is 0 Å². The molecule has 1 amide bonds. The Morgan fingerprint density at radius 1 is 0.972 bits per heavy atom. The highest BCUT2D eigenvalue weighted by Gasteiger charge is 2.16. The zero-order chi connectivity index (χ0) is 25.3. The predicted molar refractivity (Wildman–Crippen MR) is 142 cm³/mol. The minimum absolute atomic E-state index is 0.0393. The summed E-state index contributed by atoms with van der Waals surface area (Å²) >= 11 is 1.46. The molecule has 2 aromatic carbocycles. The van der Waals surface area contributed by atoms with E-state index >= 15 is 0 Å². The molecule has 8 heteroatoms. The van der Waals surface area contributed by atoms with Crippen LogP contribution < -0.4 is 5.56 Å². The molecule has 0 spiro atoms. The molecule has 0 bridgehead atoms. The molecule has 7 nitrogen and oxygen atoms in total. The van der Waals surface area contributed by atoms with E-state index in [0.717, 1.165) is 17.5 Å². The van der Waals surface area contributed by atoms with Crippen LogP contribution in [0.25, 0.3) is 0 Å². The molecular weight excluding hydrogens is 470 g/mol. The monoisotopic (exact) mass is 499 g/mol. The standard InChI is InChI=1S/C28H29N5O2S/c1-21-8-10-23(11-9-21)19-36-28-31-27(35)25(14-24-15-29-20-30-16-24)17-33(28)18-26(34)32(2)13-12-22-6-4-3-5-7-22/h3-11,15-17,20H,12-14,18-19H2,1-2H3. The Bertz CT molecular complexity index is 1340. The number of carbonyl (C=O) groups is 1. The lowest BCUT2D eigenvalue weighted by molar-refractivity contribution is -0.130. The number of nitrogens with zero attached hydrogens (tertiary/aromatic N) is 5. The van der Waals surface area contributed by atoms with Crippen LogP contribution in [0.4, 0.5) is 0 Å². The van der Waals surface area contributed by atoms with Gasteiger partial charge in [-0.15, -0.1) is 0 Å². The van der Waals surface area contributed by atoms with Crippen LogP contribution in [0.5, 0.6) is 0 Å². The van der Waals surface area contributed by atoms with Gasteiger partial charge in [0, 0.05) is 49.9 Å². The fourth-order valence-corrected chi connectivity index (χ4v) is 4.60. The summed E-state index contributed by atoms with van der Waals surface area (Å²) in [4.78, 5) is 40.1. The first-order valence-electron chi connectivity index (χ1n) is 11.8. The van der Waals surface area contributed by atoms with Gasteiger partial charge in [-0.05, 0) is 30.0 Å². The van der Waals surface area contributed by atoms with Crippen molar-refractivity contribution in [2.45, 2.75) is 37.2 Å². The Morgan fingerprint density at radius 2 is 1.69 bits per heavy atom. The lowest BCUT2D eigenvalue weighted by atomic mass is 10.1. The third kappa shape index (κ3) is 7.11. The molecule has 0 saturated carbocycles. The molecule has 0 aliphatic rings. The van der Waals surface area contributed by atoms with Crippen molar-refractivity contribution in [3.8, 4) is 0 Å². The summed E-state index contributed by atoms with van der Waals surface area (Å²) in [5.41, 5.74) is 4.52. The zero-order valence-corrected chi connectivity index (χ0v) is 21.3. The van der Waals surface area contributed by atoms with Crippen molar-refractivity contribution in [1.82, 2.24) is 24.4 Å². The molecule has 0 aliphatic carbocycles. The Hall–Kier alpha value is -3.78. The number of amides is 1. The smallest absolute Gasteiger partial charge is 0.277 e. The van der Waals surface area contributed by atoms with E-state index in [0.29, 0.717) is 29.4 Å². The van der Waals surface area contributed by atoms with Crippen molar-refractivity contribution in [2.24, 2.45) is 0 Å². The number of aromatic nitrogens is 4. The van der Waals surface area contributed by atoms with E-state index in [9.17, 15) is 9.59 Å². The van der Waals surface area contributed by atoms with Crippen LogP contribution in [0, 0.1) is 6.92 Å². The summed E-state index contributed by atoms with van der Waals surface area (Å²) in [5.74, 6) is 0.610. The summed E-state index contributed by atoms with van der Waals surface area (Å²) < 4.78 is 1.79. The van der Waals surface area contributed by atoms with Crippen LogP contribution in [0.2, 0.25) is 0 Å². The molecule has 2 heterocycles. The van der Waals surface area contributed by atoms with Gasteiger partial charge in [0.2, 0.25) is 5.91 Å². The molecule has 4 rings (SSSR count). The molecule has 0 radical (unpaired) electrons.